The van der Waals surface area contributed by atoms with Gasteiger partial charge in [-0.05, 0) is 25.8 Å². The second kappa shape index (κ2) is 10.9. The highest BCUT2D eigenvalue weighted by Crippen LogP contribution is 1.97. The zero-order valence-electron chi connectivity index (χ0n) is 10.2. The maximum absolute atomic E-state index is 10.9. The van der Waals surface area contributed by atoms with Gasteiger partial charge in [0.1, 0.15) is 6.61 Å². The number of rotatable bonds is 10. The third kappa shape index (κ3) is 9.89. The number of esters is 1. The minimum Gasteiger partial charge on any atom is -0.464 e. The summed E-state index contributed by atoms with van der Waals surface area (Å²) in [5.41, 5.74) is 0. The van der Waals surface area contributed by atoms with Gasteiger partial charge >= 0.3 is 5.97 Å². The number of aliphatic hydroxyl groups excluding tert-OH is 1. The molecule has 0 radical (unpaired) electrons. The highest BCUT2D eigenvalue weighted by atomic mass is 16.6. The molecule has 0 bridgehead atoms. The molecule has 1 atom stereocenters. The molecule has 0 aromatic carbocycles. The van der Waals surface area contributed by atoms with Gasteiger partial charge in [-0.2, -0.15) is 0 Å². The molecule has 0 spiro atoms. The fourth-order valence-corrected chi connectivity index (χ4v) is 1.17. The van der Waals surface area contributed by atoms with Gasteiger partial charge < -0.3 is 19.9 Å². The molecule has 96 valence electrons. The van der Waals surface area contributed by atoms with E-state index >= 15 is 0 Å². The molecule has 0 fully saturated rings. The molecule has 0 aliphatic rings. The largest absolute Gasteiger partial charge is 0.464 e. The first kappa shape index (κ1) is 15.3. The van der Waals surface area contributed by atoms with Crippen LogP contribution in [0.1, 0.15) is 20.3 Å². The van der Waals surface area contributed by atoms with Crippen LogP contribution in [0.5, 0.6) is 0 Å². The molecular formula is C11H23NO4. The maximum atomic E-state index is 10.9. The highest BCUT2D eigenvalue weighted by molar-refractivity contribution is 5.70. The van der Waals surface area contributed by atoms with E-state index in [2.05, 4.69) is 12.2 Å². The smallest absolute Gasteiger partial charge is 0.332 e. The molecule has 5 nitrogen and oxygen atoms in total. The lowest BCUT2D eigenvalue weighted by Crippen LogP contribution is -2.26. The summed E-state index contributed by atoms with van der Waals surface area (Å²) in [6.45, 7) is 6.51. The lowest BCUT2D eigenvalue weighted by molar-refractivity contribution is -0.148. The molecule has 0 saturated carbocycles. The van der Waals surface area contributed by atoms with Crippen LogP contribution in [0.2, 0.25) is 0 Å². The number of carbonyl (C=O) groups excluding carboxylic acids is 1. The first-order chi connectivity index (χ1) is 7.70. The van der Waals surface area contributed by atoms with Gasteiger partial charge in [0.15, 0.2) is 0 Å². The number of hydrogen-bond donors (Lipinski definition) is 2. The Kier molecular flexibility index (Phi) is 10.4. The third-order valence-electron chi connectivity index (χ3n) is 2.06. The van der Waals surface area contributed by atoms with Crippen LogP contribution in [0, 0.1) is 5.92 Å². The van der Waals surface area contributed by atoms with Crippen LogP contribution in [0.4, 0.5) is 0 Å². The quantitative estimate of drug-likeness (QED) is 0.416. The van der Waals surface area contributed by atoms with Crippen molar-refractivity contribution in [3.63, 3.8) is 0 Å². The van der Waals surface area contributed by atoms with Crippen molar-refractivity contribution in [1.82, 2.24) is 5.32 Å². The molecular weight excluding hydrogens is 210 g/mol. The Hall–Kier alpha value is -0.650. The molecule has 0 amide bonds. The van der Waals surface area contributed by atoms with E-state index in [0.717, 1.165) is 13.0 Å². The van der Waals surface area contributed by atoms with Crippen molar-refractivity contribution in [3.05, 3.63) is 0 Å². The predicted molar refractivity (Wildman–Crippen MR) is 61.2 cm³/mol. The van der Waals surface area contributed by atoms with Crippen molar-refractivity contribution >= 4 is 5.97 Å². The fourth-order valence-electron chi connectivity index (χ4n) is 1.17. The molecule has 0 heterocycles. The third-order valence-corrected chi connectivity index (χ3v) is 2.06. The molecule has 5 heteroatoms. The van der Waals surface area contributed by atoms with Gasteiger partial charge in [-0.3, -0.25) is 0 Å². The summed E-state index contributed by atoms with van der Waals surface area (Å²) in [5.74, 6) is 0.131. The standard InChI is InChI=1S/C11H23NO4/c1-3-16-11(14)9-15-7-5-12-8-10(2)4-6-13/h10,12-13H,3-9H2,1-2H3. The van der Waals surface area contributed by atoms with E-state index in [1.54, 1.807) is 6.92 Å². The van der Waals surface area contributed by atoms with E-state index in [0.29, 0.717) is 25.7 Å². The Morgan fingerprint density at radius 3 is 2.88 bits per heavy atom. The first-order valence-electron chi connectivity index (χ1n) is 5.75. The molecule has 0 rings (SSSR count). The first-order valence-corrected chi connectivity index (χ1v) is 5.75. The van der Waals surface area contributed by atoms with Crippen molar-refractivity contribution in [2.75, 3.05) is 39.5 Å². The van der Waals surface area contributed by atoms with Crippen LogP contribution in [0.25, 0.3) is 0 Å². The van der Waals surface area contributed by atoms with Crippen LogP contribution < -0.4 is 5.32 Å². The Balaban J connectivity index is 3.18. The number of carbonyl (C=O) groups is 1. The molecule has 0 aromatic heterocycles. The Morgan fingerprint density at radius 2 is 2.25 bits per heavy atom. The van der Waals surface area contributed by atoms with E-state index in [1.165, 1.54) is 0 Å². The van der Waals surface area contributed by atoms with Gasteiger partial charge in [-0.1, -0.05) is 6.92 Å². The summed E-state index contributed by atoms with van der Waals surface area (Å²) in [7, 11) is 0. The number of hydrogen-bond acceptors (Lipinski definition) is 5. The number of ether oxygens (including phenoxy) is 2. The average Bonchev–Trinajstić information content (AvgIpc) is 2.24. The SMILES string of the molecule is CCOC(=O)COCCNCC(C)CCO. The van der Waals surface area contributed by atoms with Crippen molar-refractivity contribution in [1.29, 1.82) is 0 Å². The van der Waals surface area contributed by atoms with Crippen LogP contribution in [0.3, 0.4) is 0 Å². The lowest BCUT2D eigenvalue weighted by Gasteiger charge is -2.10. The van der Waals surface area contributed by atoms with Gasteiger partial charge in [-0.15, -0.1) is 0 Å². The summed E-state index contributed by atoms with van der Waals surface area (Å²) >= 11 is 0. The molecule has 0 saturated heterocycles. The molecule has 1 unspecified atom stereocenters. The highest BCUT2D eigenvalue weighted by Gasteiger charge is 2.02. The second-order valence-corrected chi connectivity index (χ2v) is 3.68. The molecule has 16 heavy (non-hydrogen) atoms. The van der Waals surface area contributed by atoms with Crippen molar-refractivity contribution in [2.24, 2.45) is 5.92 Å². The van der Waals surface area contributed by atoms with Crippen LogP contribution >= 0.6 is 0 Å². The zero-order valence-corrected chi connectivity index (χ0v) is 10.2. The van der Waals surface area contributed by atoms with E-state index in [4.69, 9.17) is 14.6 Å². The van der Waals surface area contributed by atoms with Crippen LogP contribution in [-0.2, 0) is 14.3 Å². The van der Waals surface area contributed by atoms with Gasteiger partial charge in [0, 0.05) is 13.2 Å². The van der Waals surface area contributed by atoms with E-state index in [1.807, 2.05) is 0 Å². The van der Waals surface area contributed by atoms with E-state index in [9.17, 15) is 4.79 Å². The average molecular weight is 233 g/mol. The molecule has 0 aromatic rings. The van der Waals surface area contributed by atoms with Crippen molar-refractivity contribution < 1.29 is 19.4 Å². The predicted octanol–water partition coefficient (Wildman–Crippen LogP) is 0.174. The summed E-state index contributed by atoms with van der Waals surface area (Å²) in [4.78, 5) is 10.9. The minimum atomic E-state index is -0.323. The lowest BCUT2D eigenvalue weighted by atomic mass is 10.1. The minimum absolute atomic E-state index is 0.0156. The van der Waals surface area contributed by atoms with Crippen molar-refractivity contribution in [3.8, 4) is 0 Å². The molecule has 0 aliphatic carbocycles. The van der Waals surface area contributed by atoms with Crippen LogP contribution in [-0.4, -0.2) is 50.6 Å². The topological polar surface area (TPSA) is 67.8 Å². The number of aliphatic hydroxyl groups is 1. The Bertz CT molecular complexity index is 175. The second-order valence-electron chi connectivity index (χ2n) is 3.68. The normalized spacial score (nSPS) is 12.4. The van der Waals surface area contributed by atoms with Gasteiger partial charge in [0.25, 0.3) is 0 Å². The van der Waals surface area contributed by atoms with Crippen molar-refractivity contribution in [2.45, 2.75) is 20.3 Å². The summed E-state index contributed by atoms with van der Waals surface area (Å²) < 4.78 is 9.81. The van der Waals surface area contributed by atoms with Gasteiger partial charge in [-0.25, -0.2) is 4.79 Å². The van der Waals surface area contributed by atoms with Gasteiger partial charge in [0.05, 0.1) is 13.2 Å². The van der Waals surface area contributed by atoms with E-state index in [-0.39, 0.29) is 19.2 Å². The van der Waals surface area contributed by atoms with Gasteiger partial charge in [0.2, 0.25) is 0 Å². The van der Waals surface area contributed by atoms with E-state index < -0.39 is 0 Å². The molecule has 2 N–H and O–H groups in total. The summed E-state index contributed by atoms with van der Waals surface area (Å²) in [6.07, 6.45) is 0.802. The molecule has 0 aliphatic heterocycles. The summed E-state index contributed by atoms with van der Waals surface area (Å²) in [5, 5.41) is 11.9. The Morgan fingerprint density at radius 1 is 1.50 bits per heavy atom. The van der Waals surface area contributed by atoms with Crippen LogP contribution in [0.15, 0.2) is 0 Å². The fraction of sp³-hybridized carbons (Fsp3) is 0.909. The number of nitrogens with one attached hydrogen (secondary N) is 1. The Labute approximate surface area is 97.1 Å². The maximum Gasteiger partial charge on any atom is 0.332 e. The zero-order chi connectivity index (χ0) is 12.2. The monoisotopic (exact) mass is 233 g/mol. The summed E-state index contributed by atoms with van der Waals surface area (Å²) in [6, 6.07) is 0.